The molecule has 1 aliphatic heterocycles. The first-order valence-electron chi connectivity index (χ1n) is 11.1. The van der Waals surface area contributed by atoms with Crippen LogP contribution in [-0.2, 0) is 6.42 Å². The van der Waals surface area contributed by atoms with E-state index in [0.29, 0.717) is 19.0 Å². The molecule has 0 aliphatic carbocycles. The van der Waals surface area contributed by atoms with E-state index >= 15 is 0 Å². The zero-order valence-corrected chi connectivity index (χ0v) is 18.8. The fraction of sp³-hybridized carbons (Fsp3) is 0.192. The van der Waals surface area contributed by atoms with Crippen LogP contribution in [0.25, 0.3) is 27.9 Å². The van der Waals surface area contributed by atoms with Crippen LogP contribution in [0.5, 0.6) is 11.5 Å². The second kappa shape index (κ2) is 8.75. The molecular formula is C26H22N4O2S. The van der Waals surface area contributed by atoms with Crippen molar-refractivity contribution in [3.8, 4) is 22.9 Å². The largest absolute Gasteiger partial charge is 0.490 e. The molecule has 5 aromatic rings. The van der Waals surface area contributed by atoms with Gasteiger partial charge in [0.1, 0.15) is 0 Å². The van der Waals surface area contributed by atoms with Crippen molar-refractivity contribution in [2.24, 2.45) is 0 Å². The summed E-state index contributed by atoms with van der Waals surface area (Å²) in [6, 6.07) is 24.5. The van der Waals surface area contributed by atoms with Gasteiger partial charge in [0, 0.05) is 23.1 Å². The summed E-state index contributed by atoms with van der Waals surface area (Å²) >= 11 is 1.70. The van der Waals surface area contributed by atoms with Crippen molar-refractivity contribution in [3.63, 3.8) is 0 Å². The SMILES string of the molecule is c1ccc(CCSc2nc3ccccc3c3nc(-c4ccc5c(c4)OCCCO5)nn23)cc1. The minimum atomic E-state index is 0.645. The summed E-state index contributed by atoms with van der Waals surface area (Å²) in [4.78, 5) is 9.82. The molecule has 0 fully saturated rings. The van der Waals surface area contributed by atoms with Gasteiger partial charge in [-0.05, 0) is 42.3 Å². The Labute approximate surface area is 195 Å². The van der Waals surface area contributed by atoms with Gasteiger partial charge >= 0.3 is 0 Å². The Morgan fingerprint density at radius 2 is 1.67 bits per heavy atom. The van der Waals surface area contributed by atoms with Gasteiger partial charge in [0.25, 0.3) is 0 Å². The highest BCUT2D eigenvalue weighted by molar-refractivity contribution is 7.99. The number of ether oxygens (including phenoxy) is 2. The van der Waals surface area contributed by atoms with Crippen LogP contribution in [0.4, 0.5) is 0 Å². The lowest BCUT2D eigenvalue weighted by Gasteiger charge is -2.07. The molecule has 0 saturated heterocycles. The highest BCUT2D eigenvalue weighted by Crippen LogP contribution is 2.34. The van der Waals surface area contributed by atoms with Crippen molar-refractivity contribution in [1.29, 1.82) is 0 Å². The first-order valence-corrected chi connectivity index (χ1v) is 12.1. The highest BCUT2D eigenvalue weighted by Gasteiger charge is 2.17. The lowest BCUT2D eigenvalue weighted by atomic mass is 10.2. The van der Waals surface area contributed by atoms with Gasteiger partial charge < -0.3 is 9.47 Å². The molecule has 0 bridgehead atoms. The number of rotatable bonds is 5. The fourth-order valence-corrected chi connectivity index (χ4v) is 4.89. The third-order valence-corrected chi connectivity index (χ3v) is 6.55. The average Bonchev–Trinajstić information content (AvgIpc) is 3.18. The molecule has 3 heterocycles. The van der Waals surface area contributed by atoms with Crippen molar-refractivity contribution in [2.75, 3.05) is 19.0 Å². The van der Waals surface area contributed by atoms with E-state index in [1.165, 1.54) is 5.56 Å². The monoisotopic (exact) mass is 454 g/mol. The van der Waals surface area contributed by atoms with E-state index in [0.717, 1.165) is 57.4 Å². The quantitative estimate of drug-likeness (QED) is 0.260. The third-order valence-electron chi connectivity index (χ3n) is 5.62. The van der Waals surface area contributed by atoms with Gasteiger partial charge in [-0.15, -0.1) is 5.10 Å². The van der Waals surface area contributed by atoms with Crippen LogP contribution >= 0.6 is 11.8 Å². The zero-order chi connectivity index (χ0) is 22.0. The number of fused-ring (bicyclic) bond motifs is 4. The minimum Gasteiger partial charge on any atom is -0.490 e. The van der Waals surface area contributed by atoms with Gasteiger partial charge in [-0.25, -0.2) is 9.97 Å². The number of thioether (sulfide) groups is 1. The molecule has 0 saturated carbocycles. The summed E-state index contributed by atoms with van der Waals surface area (Å²) in [5, 5.41) is 6.68. The predicted molar refractivity (Wildman–Crippen MR) is 130 cm³/mol. The van der Waals surface area contributed by atoms with Crippen LogP contribution in [0.1, 0.15) is 12.0 Å². The van der Waals surface area contributed by atoms with Crippen molar-refractivity contribution in [3.05, 3.63) is 78.4 Å². The molecule has 0 amide bonds. The van der Waals surface area contributed by atoms with Gasteiger partial charge in [-0.1, -0.05) is 54.2 Å². The predicted octanol–water partition coefficient (Wildman–Crippen LogP) is 5.44. The van der Waals surface area contributed by atoms with Gasteiger partial charge in [0.05, 0.1) is 18.7 Å². The van der Waals surface area contributed by atoms with Crippen LogP contribution < -0.4 is 9.47 Å². The Kier molecular flexibility index (Phi) is 5.32. The molecule has 164 valence electrons. The summed E-state index contributed by atoms with van der Waals surface area (Å²) in [7, 11) is 0. The Morgan fingerprint density at radius 3 is 2.58 bits per heavy atom. The van der Waals surface area contributed by atoms with E-state index in [-0.39, 0.29) is 0 Å². The van der Waals surface area contributed by atoms with Crippen molar-refractivity contribution >= 4 is 28.3 Å². The van der Waals surface area contributed by atoms with E-state index in [9.17, 15) is 0 Å². The fourth-order valence-electron chi connectivity index (χ4n) is 3.95. The van der Waals surface area contributed by atoms with Gasteiger partial charge in [-0.3, -0.25) is 0 Å². The first kappa shape index (κ1) is 20.1. The molecule has 7 heteroatoms. The lowest BCUT2D eigenvalue weighted by molar-refractivity contribution is 0.297. The summed E-state index contributed by atoms with van der Waals surface area (Å²) < 4.78 is 13.5. The topological polar surface area (TPSA) is 61.5 Å². The maximum atomic E-state index is 5.87. The van der Waals surface area contributed by atoms with Crippen molar-refractivity contribution in [2.45, 2.75) is 18.0 Å². The molecular weight excluding hydrogens is 432 g/mol. The first-order chi connectivity index (χ1) is 16.3. The minimum absolute atomic E-state index is 0.645. The van der Waals surface area contributed by atoms with E-state index < -0.39 is 0 Å². The number of para-hydroxylation sites is 1. The second-order valence-corrected chi connectivity index (χ2v) is 8.94. The van der Waals surface area contributed by atoms with Crippen molar-refractivity contribution in [1.82, 2.24) is 19.6 Å². The molecule has 33 heavy (non-hydrogen) atoms. The Bertz CT molecular complexity index is 1440. The molecule has 6 rings (SSSR count). The maximum Gasteiger partial charge on any atom is 0.191 e. The molecule has 0 unspecified atom stereocenters. The lowest BCUT2D eigenvalue weighted by Crippen LogP contribution is -2.00. The van der Waals surface area contributed by atoms with E-state index in [1.807, 2.05) is 53.0 Å². The van der Waals surface area contributed by atoms with Crippen LogP contribution in [0.2, 0.25) is 0 Å². The second-order valence-electron chi connectivity index (χ2n) is 7.88. The van der Waals surface area contributed by atoms with Crippen LogP contribution in [-0.4, -0.2) is 38.5 Å². The molecule has 0 radical (unpaired) electrons. The van der Waals surface area contributed by atoms with Gasteiger partial charge in [0.15, 0.2) is 28.1 Å². The summed E-state index contributed by atoms with van der Waals surface area (Å²) in [5.74, 6) is 3.06. The number of nitrogens with zero attached hydrogens (tertiary/aromatic N) is 4. The molecule has 0 spiro atoms. The molecule has 0 atom stereocenters. The Hall–Kier alpha value is -3.58. The summed E-state index contributed by atoms with van der Waals surface area (Å²) in [5.41, 5.74) is 3.94. The molecule has 3 aromatic carbocycles. The van der Waals surface area contributed by atoms with E-state index in [4.69, 9.17) is 24.5 Å². The average molecular weight is 455 g/mol. The Morgan fingerprint density at radius 1 is 0.848 bits per heavy atom. The number of benzene rings is 3. The third kappa shape index (κ3) is 4.00. The molecule has 1 aliphatic rings. The maximum absolute atomic E-state index is 5.87. The van der Waals surface area contributed by atoms with Crippen LogP contribution in [0, 0.1) is 0 Å². The zero-order valence-electron chi connectivity index (χ0n) is 18.0. The normalized spacial score (nSPS) is 13.3. The van der Waals surface area contributed by atoms with E-state index in [2.05, 4.69) is 24.3 Å². The van der Waals surface area contributed by atoms with E-state index in [1.54, 1.807) is 11.8 Å². The number of aromatic nitrogens is 4. The number of hydrogen-bond donors (Lipinski definition) is 0. The standard InChI is InChI=1S/C26H22N4O2S/c1-2-7-18(8-3-1)13-16-33-26-27-21-10-5-4-9-20(21)25-28-24(29-30(25)26)19-11-12-22-23(17-19)32-15-6-14-31-22/h1-5,7-12,17H,6,13-16H2. The highest BCUT2D eigenvalue weighted by atomic mass is 32.2. The molecule has 2 aromatic heterocycles. The smallest absolute Gasteiger partial charge is 0.191 e. The molecule has 0 N–H and O–H groups in total. The van der Waals surface area contributed by atoms with Gasteiger partial charge in [0.2, 0.25) is 0 Å². The summed E-state index contributed by atoms with van der Waals surface area (Å²) in [6.07, 6.45) is 1.84. The molecule has 6 nitrogen and oxygen atoms in total. The van der Waals surface area contributed by atoms with Crippen LogP contribution in [0.15, 0.2) is 78.0 Å². The van der Waals surface area contributed by atoms with Crippen LogP contribution in [0.3, 0.4) is 0 Å². The Balaban J connectivity index is 1.39. The van der Waals surface area contributed by atoms with Gasteiger partial charge in [-0.2, -0.15) is 4.52 Å². The number of hydrogen-bond acceptors (Lipinski definition) is 6. The number of aryl methyl sites for hydroxylation is 1. The van der Waals surface area contributed by atoms with Crippen molar-refractivity contribution < 1.29 is 9.47 Å². The summed E-state index contributed by atoms with van der Waals surface area (Å²) in [6.45, 7) is 1.31.